The standard InChI is InChI=1S/C25H15N2O.C20H28NSi.Ir/c1-2-9-17(10-3-1)27-22-15-6-5-14-21(22)26-25(27)20-13-8-12-19-18-11-4-7-16-23(18)28-24(19)20;1-15-19(22(5,6)7)17(14-20(2,3)4)13-18(21-15)16-11-9-8-10-12-16;/h1-12,14-16H;8-11,13H,14H2,1-7H3;/q2*-1;/i;1D3,14D2;. The molecule has 0 atom stereocenters. The predicted octanol–water partition coefficient (Wildman–Crippen LogP) is 11.4. The summed E-state index contributed by atoms with van der Waals surface area (Å²) in [6.45, 7) is 9.21. The molecule has 51 heavy (non-hydrogen) atoms. The van der Waals surface area contributed by atoms with Crippen LogP contribution in [0, 0.1) is 24.4 Å². The average molecular weight is 867 g/mol. The van der Waals surface area contributed by atoms with Crippen molar-refractivity contribution in [3.8, 4) is 28.3 Å². The molecule has 0 spiro atoms. The molecule has 3 heterocycles. The molecule has 259 valence electrons. The van der Waals surface area contributed by atoms with Crippen LogP contribution in [-0.2, 0) is 26.5 Å². The third-order valence-corrected chi connectivity index (χ3v) is 10.4. The van der Waals surface area contributed by atoms with Crippen LogP contribution < -0.4 is 5.19 Å². The van der Waals surface area contributed by atoms with Crippen LogP contribution in [0.3, 0.4) is 0 Å². The number of hydrogen-bond acceptors (Lipinski definition) is 3. The number of pyridine rings is 1. The Morgan fingerprint density at radius 1 is 0.804 bits per heavy atom. The second-order valence-electron chi connectivity index (χ2n) is 14.5. The number of imidazole rings is 1. The van der Waals surface area contributed by atoms with Gasteiger partial charge in [-0.2, -0.15) is 0 Å². The number of aryl methyl sites for hydroxylation is 1. The Bertz CT molecular complexity index is 2640. The SMILES string of the molecule is [2H]C([2H])([2H])c1nc(-c2[c-]cccc2)cc(C([2H])([2H])C(C)(C)C)c1[Si](C)(C)C.[Ir].[c-]1ccc2c(oc3ccccc32)c1-c1nc2ccccc2n1-c1ccccc1. The van der Waals surface area contributed by atoms with E-state index in [4.69, 9.17) is 16.3 Å². The zero-order chi connectivity index (χ0) is 39.3. The zero-order valence-corrected chi connectivity index (χ0v) is 33.0. The van der Waals surface area contributed by atoms with Crippen molar-refractivity contribution < 1.29 is 31.4 Å². The molecule has 0 aliphatic rings. The topological polar surface area (TPSA) is 43.9 Å². The molecule has 5 aromatic carbocycles. The number of furan rings is 1. The van der Waals surface area contributed by atoms with Crippen molar-refractivity contribution in [3.05, 3.63) is 145 Å². The van der Waals surface area contributed by atoms with Gasteiger partial charge in [0.25, 0.3) is 0 Å². The normalized spacial score (nSPS) is 13.7. The van der Waals surface area contributed by atoms with Gasteiger partial charge >= 0.3 is 0 Å². The molecule has 4 nitrogen and oxygen atoms in total. The van der Waals surface area contributed by atoms with E-state index in [-0.39, 0.29) is 25.8 Å². The quantitative estimate of drug-likeness (QED) is 0.128. The molecule has 3 aromatic heterocycles. The van der Waals surface area contributed by atoms with E-state index in [0.717, 1.165) is 50.0 Å². The molecule has 0 amide bonds. The molecule has 0 unspecified atom stereocenters. The van der Waals surface area contributed by atoms with Crippen molar-refractivity contribution >= 4 is 46.2 Å². The van der Waals surface area contributed by atoms with E-state index in [1.165, 1.54) is 0 Å². The maximum atomic E-state index is 8.87. The number of benzene rings is 5. The predicted molar refractivity (Wildman–Crippen MR) is 212 cm³/mol. The largest absolute Gasteiger partial charge is 0.501 e. The summed E-state index contributed by atoms with van der Waals surface area (Å²) in [6, 6.07) is 46.0. The summed E-state index contributed by atoms with van der Waals surface area (Å²) in [7, 11) is -2.22. The number of aromatic nitrogens is 3. The molecule has 0 aliphatic heterocycles. The van der Waals surface area contributed by atoms with E-state index in [0.29, 0.717) is 22.0 Å². The van der Waals surface area contributed by atoms with Gasteiger partial charge in [-0.15, -0.1) is 54.1 Å². The summed E-state index contributed by atoms with van der Waals surface area (Å²) >= 11 is 0. The summed E-state index contributed by atoms with van der Waals surface area (Å²) in [5.41, 5.74) is 6.52. The van der Waals surface area contributed by atoms with E-state index in [1.54, 1.807) is 12.1 Å². The summed E-state index contributed by atoms with van der Waals surface area (Å²) in [5.74, 6) is 0.831. The molecule has 0 saturated carbocycles. The van der Waals surface area contributed by atoms with Crippen LogP contribution in [0.1, 0.15) is 38.9 Å². The monoisotopic (exact) mass is 867 g/mol. The molecule has 1 radical (unpaired) electrons. The minimum atomic E-state index is -2.41. The van der Waals surface area contributed by atoms with Crippen LogP contribution in [0.4, 0.5) is 0 Å². The van der Waals surface area contributed by atoms with Crippen LogP contribution in [0.15, 0.2) is 126 Å². The van der Waals surface area contributed by atoms with Crippen molar-refractivity contribution in [2.24, 2.45) is 5.41 Å². The second kappa shape index (κ2) is 14.6. The van der Waals surface area contributed by atoms with Crippen molar-refractivity contribution in [1.29, 1.82) is 0 Å². The Balaban J connectivity index is 0.000000187. The molecule has 0 saturated heterocycles. The van der Waals surface area contributed by atoms with Gasteiger partial charge in [-0.1, -0.05) is 112 Å². The molecule has 0 aliphatic carbocycles. The number of rotatable bonds is 5. The number of nitrogens with zero attached hydrogens (tertiary/aromatic N) is 3. The Labute approximate surface area is 323 Å². The Morgan fingerprint density at radius 3 is 2.25 bits per heavy atom. The van der Waals surface area contributed by atoms with Crippen LogP contribution in [-0.4, -0.2) is 22.6 Å². The Morgan fingerprint density at radius 2 is 1.53 bits per heavy atom. The van der Waals surface area contributed by atoms with E-state index < -0.39 is 26.7 Å². The second-order valence-corrected chi connectivity index (χ2v) is 19.5. The van der Waals surface area contributed by atoms with Crippen molar-refractivity contribution in [2.45, 2.75) is 53.6 Å². The molecule has 8 rings (SSSR count). The first-order valence-corrected chi connectivity index (χ1v) is 20.4. The molecular weight excluding hydrogens is 819 g/mol. The Hall–Kier alpha value is -4.61. The van der Waals surface area contributed by atoms with Gasteiger partial charge in [0.2, 0.25) is 0 Å². The van der Waals surface area contributed by atoms with Crippen molar-refractivity contribution in [3.63, 3.8) is 0 Å². The van der Waals surface area contributed by atoms with E-state index in [2.05, 4.69) is 52.0 Å². The fraction of sp³-hybridized carbons (Fsp3) is 0.200. The molecular formula is C45H43IrN3OSi-2. The fourth-order valence-corrected chi connectivity index (χ4v) is 8.10. The van der Waals surface area contributed by atoms with Gasteiger partial charge in [-0.3, -0.25) is 4.98 Å². The van der Waals surface area contributed by atoms with E-state index in [9.17, 15) is 0 Å². The number of hydrogen-bond donors (Lipinski definition) is 0. The maximum Gasteiger partial charge on any atom is 0.120 e. The van der Waals surface area contributed by atoms with Gasteiger partial charge in [-0.05, 0) is 59.9 Å². The minimum Gasteiger partial charge on any atom is -0.501 e. The van der Waals surface area contributed by atoms with Gasteiger partial charge < -0.3 is 14.0 Å². The third-order valence-electron chi connectivity index (χ3n) is 8.40. The molecule has 0 bridgehead atoms. The summed E-state index contributed by atoms with van der Waals surface area (Å²) in [4.78, 5) is 9.46. The molecule has 0 N–H and O–H groups in total. The van der Waals surface area contributed by atoms with Crippen LogP contribution in [0.5, 0.6) is 0 Å². The minimum absolute atomic E-state index is 0. The van der Waals surface area contributed by atoms with E-state index >= 15 is 0 Å². The fourth-order valence-electron chi connectivity index (χ4n) is 6.39. The molecule has 6 heteroatoms. The van der Waals surface area contributed by atoms with Gasteiger partial charge in [0.15, 0.2) is 0 Å². The number of para-hydroxylation sites is 4. The van der Waals surface area contributed by atoms with Gasteiger partial charge in [0, 0.05) is 43.7 Å². The molecule has 0 fully saturated rings. The maximum absolute atomic E-state index is 8.87. The molecule has 8 aromatic rings. The van der Waals surface area contributed by atoms with Gasteiger partial charge in [-0.25, -0.2) is 0 Å². The Kier molecular flexibility index (Phi) is 8.58. The smallest absolute Gasteiger partial charge is 0.120 e. The first kappa shape index (κ1) is 30.1. The van der Waals surface area contributed by atoms with Crippen LogP contribution in [0.25, 0.3) is 61.3 Å². The summed E-state index contributed by atoms with van der Waals surface area (Å²) in [6.07, 6.45) is -1.71. The van der Waals surface area contributed by atoms with Crippen molar-refractivity contribution in [2.75, 3.05) is 0 Å². The third kappa shape index (κ3) is 7.55. The summed E-state index contributed by atoms with van der Waals surface area (Å²) in [5, 5.41) is 2.79. The zero-order valence-electron chi connectivity index (χ0n) is 34.6. The van der Waals surface area contributed by atoms with Gasteiger partial charge in [0.05, 0.1) is 30.5 Å². The van der Waals surface area contributed by atoms with E-state index in [1.807, 2.05) is 119 Å². The number of fused-ring (bicyclic) bond motifs is 4. The first-order chi connectivity index (χ1) is 26.0. The van der Waals surface area contributed by atoms with Crippen LogP contribution in [0.2, 0.25) is 19.6 Å². The van der Waals surface area contributed by atoms with Gasteiger partial charge in [0.1, 0.15) is 5.58 Å². The van der Waals surface area contributed by atoms with Crippen molar-refractivity contribution in [1.82, 2.24) is 14.5 Å². The van der Waals surface area contributed by atoms with Crippen LogP contribution >= 0.6 is 0 Å². The summed E-state index contributed by atoms with van der Waals surface area (Å²) < 4.78 is 50.4. The first-order valence-electron chi connectivity index (χ1n) is 19.4. The average Bonchev–Trinajstić information content (AvgIpc) is 3.73.